The second-order valence-corrected chi connectivity index (χ2v) is 11.5. The van der Waals surface area contributed by atoms with E-state index in [0.29, 0.717) is 192 Å². The molecule has 1 aliphatic rings. The van der Waals surface area contributed by atoms with Gasteiger partial charge in [-0.05, 0) is 0 Å². The zero-order valence-corrected chi connectivity index (χ0v) is 32.2. The number of ether oxygens (including phenoxy) is 17. The Morgan fingerprint density at radius 1 is 0.346 bits per heavy atom. The Labute approximate surface area is 311 Å². The summed E-state index contributed by atoms with van der Waals surface area (Å²) in [6.07, 6.45) is 0.605. The lowest BCUT2D eigenvalue weighted by molar-refractivity contribution is -0.239. The summed E-state index contributed by atoms with van der Waals surface area (Å²) in [7, 11) is 4.93. The van der Waals surface area contributed by atoms with Gasteiger partial charge in [0, 0.05) is 27.8 Å². The van der Waals surface area contributed by atoms with Crippen LogP contribution in [0.25, 0.3) is 0 Å². The van der Waals surface area contributed by atoms with Crippen LogP contribution in [-0.4, -0.2) is 219 Å². The zero-order valence-electron chi connectivity index (χ0n) is 32.2. The Kier molecular flexibility index (Phi) is 38.0. The Morgan fingerprint density at radius 2 is 0.577 bits per heavy atom. The molecule has 0 aromatic carbocycles. The molecule has 0 radical (unpaired) electrons. The molecule has 0 aromatic heterocycles. The summed E-state index contributed by atoms with van der Waals surface area (Å²) >= 11 is 0. The standard InChI is InChI=1S/C35H70O17/c1-36-6-9-39-12-15-42-18-21-45-24-27-48-30-35(33-52-34-4-5-51-34,31-49-28-25-46-22-19-43-16-13-40-10-7-37-2)32-50-29-26-47-23-20-44-17-14-41-11-8-38-3/h34H,4-33H2,1-3H3. The van der Waals surface area contributed by atoms with Crippen LogP contribution in [-0.2, 0) is 80.5 Å². The van der Waals surface area contributed by atoms with E-state index < -0.39 is 5.41 Å². The minimum absolute atomic E-state index is 0.240. The fraction of sp³-hybridized carbons (Fsp3) is 1.00. The van der Waals surface area contributed by atoms with Crippen LogP contribution in [0.2, 0.25) is 0 Å². The average Bonchev–Trinajstić information content (AvgIpc) is 3.13. The summed E-state index contributed by atoms with van der Waals surface area (Å²) in [4.78, 5) is 0. The molecule has 0 bridgehead atoms. The summed E-state index contributed by atoms with van der Waals surface area (Å²) in [5, 5.41) is 0. The third-order valence-corrected chi connectivity index (χ3v) is 7.10. The smallest absolute Gasteiger partial charge is 0.159 e. The van der Waals surface area contributed by atoms with E-state index in [1.165, 1.54) is 0 Å². The van der Waals surface area contributed by atoms with E-state index in [2.05, 4.69) is 0 Å². The van der Waals surface area contributed by atoms with Gasteiger partial charge >= 0.3 is 0 Å². The zero-order chi connectivity index (χ0) is 37.3. The normalized spacial score (nSPS) is 14.7. The van der Waals surface area contributed by atoms with Gasteiger partial charge < -0.3 is 80.5 Å². The van der Waals surface area contributed by atoms with Crippen LogP contribution < -0.4 is 0 Å². The monoisotopic (exact) mass is 762 g/mol. The lowest BCUT2D eigenvalue weighted by Gasteiger charge is -2.36. The molecular formula is C35H70O17. The van der Waals surface area contributed by atoms with Crippen LogP contribution >= 0.6 is 0 Å². The first-order valence-corrected chi connectivity index (χ1v) is 18.4. The predicted molar refractivity (Wildman–Crippen MR) is 188 cm³/mol. The van der Waals surface area contributed by atoms with E-state index in [0.717, 1.165) is 6.42 Å². The second kappa shape index (κ2) is 40.0. The molecule has 0 N–H and O–H groups in total. The van der Waals surface area contributed by atoms with Gasteiger partial charge in [0.25, 0.3) is 0 Å². The molecule has 1 rings (SSSR count). The molecule has 1 saturated heterocycles. The highest BCUT2D eigenvalue weighted by Gasteiger charge is 2.35. The van der Waals surface area contributed by atoms with Crippen molar-refractivity contribution in [2.24, 2.45) is 5.41 Å². The lowest BCUT2D eigenvalue weighted by Crippen LogP contribution is -2.45. The summed E-state index contributed by atoms with van der Waals surface area (Å²) in [5.74, 6) is 0. The number of methoxy groups -OCH3 is 3. The van der Waals surface area contributed by atoms with Gasteiger partial charge in [0.15, 0.2) is 6.29 Å². The molecule has 17 nitrogen and oxygen atoms in total. The van der Waals surface area contributed by atoms with Gasteiger partial charge in [0.2, 0.25) is 0 Å². The molecule has 1 aliphatic heterocycles. The van der Waals surface area contributed by atoms with E-state index in [9.17, 15) is 0 Å². The van der Waals surface area contributed by atoms with Crippen LogP contribution in [0.1, 0.15) is 6.42 Å². The van der Waals surface area contributed by atoms with Gasteiger partial charge in [-0.3, -0.25) is 0 Å². The van der Waals surface area contributed by atoms with E-state index in [1.54, 1.807) is 21.3 Å². The van der Waals surface area contributed by atoms with Crippen molar-refractivity contribution in [1.82, 2.24) is 0 Å². The average molecular weight is 763 g/mol. The van der Waals surface area contributed by atoms with E-state index >= 15 is 0 Å². The first-order valence-electron chi connectivity index (χ1n) is 18.4. The molecular weight excluding hydrogens is 692 g/mol. The largest absolute Gasteiger partial charge is 0.382 e. The van der Waals surface area contributed by atoms with E-state index in [-0.39, 0.29) is 6.29 Å². The molecule has 17 heteroatoms. The highest BCUT2D eigenvalue weighted by Crippen LogP contribution is 2.24. The summed E-state index contributed by atoms with van der Waals surface area (Å²) in [6, 6.07) is 0. The molecule has 0 saturated carbocycles. The van der Waals surface area contributed by atoms with Gasteiger partial charge in [0.05, 0.1) is 197 Å². The summed E-state index contributed by atoms with van der Waals surface area (Å²) in [6.45, 7) is 13.7. The van der Waals surface area contributed by atoms with Gasteiger partial charge in [-0.1, -0.05) is 0 Å². The van der Waals surface area contributed by atoms with Gasteiger partial charge in [0.1, 0.15) is 0 Å². The molecule has 0 spiro atoms. The van der Waals surface area contributed by atoms with Gasteiger partial charge in [-0.15, -0.1) is 0 Å². The molecule has 1 fully saturated rings. The van der Waals surface area contributed by atoms with Crippen molar-refractivity contribution in [2.75, 3.05) is 213 Å². The maximum absolute atomic E-state index is 6.09. The minimum Gasteiger partial charge on any atom is -0.382 e. The second-order valence-electron chi connectivity index (χ2n) is 11.5. The van der Waals surface area contributed by atoms with E-state index in [4.69, 9.17) is 80.5 Å². The fourth-order valence-corrected chi connectivity index (χ4v) is 4.14. The molecule has 1 unspecified atom stereocenters. The molecule has 1 atom stereocenters. The van der Waals surface area contributed by atoms with Crippen LogP contribution in [0.4, 0.5) is 0 Å². The fourth-order valence-electron chi connectivity index (χ4n) is 4.14. The maximum Gasteiger partial charge on any atom is 0.159 e. The first kappa shape index (κ1) is 49.3. The van der Waals surface area contributed by atoms with Crippen molar-refractivity contribution in [1.29, 1.82) is 0 Å². The third kappa shape index (κ3) is 32.7. The Morgan fingerprint density at radius 3 is 0.788 bits per heavy atom. The van der Waals surface area contributed by atoms with Crippen molar-refractivity contribution in [2.45, 2.75) is 12.7 Å². The molecule has 1 heterocycles. The predicted octanol–water partition coefficient (Wildman–Crippen LogP) is 0.874. The van der Waals surface area contributed by atoms with Crippen molar-refractivity contribution < 1.29 is 80.5 Å². The topological polar surface area (TPSA) is 157 Å². The maximum atomic E-state index is 6.09. The number of hydrogen-bond acceptors (Lipinski definition) is 17. The molecule has 312 valence electrons. The highest BCUT2D eigenvalue weighted by molar-refractivity contribution is 4.80. The number of rotatable bonds is 45. The molecule has 0 aromatic rings. The SMILES string of the molecule is COCCOCCOCCOCCOCC(COCCOCCOCCOCCOC)(COCCOCCOCCOCCOC)COC1CCO1. The van der Waals surface area contributed by atoms with Gasteiger partial charge in [-0.25, -0.2) is 0 Å². The van der Waals surface area contributed by atoms with Crippen LogP contribution in [0, 0.1) is 5.41 Å². The Balaban J connectivity index is 2.41. The van der Waals surface area contributed by atoms with Crippen LogP contribution in [0.5, 0.6) is 0 Å². The quantitative estimate of drug-likeness (QED) is 0.0805. The summed E-state index contributed by atoms with van der Waals surface area (Å²) < 4.78 is 94.5. The van der Waals surface area contributed by atoms with Crippen molar-refractivity contribution >= 4 is 0 Å². The van der Waals surface area contributed by atoms with Crippen LogP contribution in [0.3, 0.4) is 0 Å². The van der Waals surface area contributed by atoms with Crippen molar-refractivity contribution in [3.63, 3.8) is 0 Å². The molecule has 0 amide bonds. The van der Waals surface area contributed by atoms with Crippen molar-refractivity contribution in [3.05, 3.63) is 0 Å². The Bertz CT molecular complexity index is 618. The first-order chi connectivity index (χ1) is 25.8. The number of hydrogen-bond donors (Lipinski definition) is 0. The molecule has 0 aliphatic carbocycles. The van der Waals surface area contributed by atoms with Crippen molar-refractivity contribution in [3.8, 4) is 0 Å². The third-order valence-electron chi connectivity index (χ3n) is 7.10. The summed E-state index contributed by atoms with van der Waals surface area (Å²) in [5.41, 5.74) is -0.595. The lowest BCUT2D eigenvalue weighted by atomic mass is 9.92. The highest BCUT2D eigenvalue weighted by atomic mass is 16.7. The Hall–Kier alpha value is -0.680. The minimum atomic E-state index is -0.595. The van der Waals surface area contributed by atoms with Gasteiger partial charge in [-0.2, -0.15) is 0 Å². The molecule has 52 heavy (non-hydrogen) atoms. The van der Waals surface area contributed by atoms with E-state index in [1.807, 2.05) is 0 Å². The van der Waals surface area contributed by atoms with Crippen LogP contribution in [0.15, 0.2) is 0 Å².